The number of methoxy groups -OCH3 is 1. The van der Waals surface area contributed by atoms with Gasteiger partial charge in [0, 0.05) is 22.2 Å². The fourth-order valence-electron chi connectivity index (χ4n) is 1.64. The van der Waals surface area contributed by atoms with Crippen LogP contribution in [0.3, 0.4) is 0 Å². The molecule has 0 saturated carbocycles. The van der Waals surface area contributed by atoms with Crippen molar-refractivity contribution in [3.8, 4) is 0 Å². The zero-order valence-electron chi connectivity index (χ0n) is 10.8. The molecule has 0 atom stereocenters. The van der Waals surface area contributed by atoms with Gasteiger partial charge in [0.2, 0.25) is 0 Å². The summed E-state index contributed by atoms with van der Waals surface area (Å²) in [4.78, 5) is 23.5. The normalized spacial score (nSPS) is 10.1. The Hall–Kier alpha value is -1.38. The number of benzene rings is 1. The van der Waals surface area contributed by atoms with E-state index in [-0.39, 0.29) is 18.2 Å². The molecule has 0 bridgehead atoms. The lowest BCUT2D eigenvalue weighted by molar-refractivity contribution is -0.384. The fraction of sp³-hybridized carbons (Fsp3) is 0.417. The monoisotopic (exact) mass is 378 g/mol. The minimum absolute atomic E-state index is 0.0441. The van der Waals surface area contributed by atoms with E-state index in [0.717, 1.165) is 15.7 Å². The van der Waals surface area contributed by atoms with Crippen LogP contribution in [0.15, 0.2) is 18.2 Å². The molecular weight excluding hydrogens is 363 g/mol. The van der Waals surface area contributed by atoms with Gasteiger partial charge in [-0.15, -0.1) is 0 Å². The number of nitro benzene ring substituents is 1. The summed E-state index contributed by atoms with van der Waals surface area (Å²) in [6.45, 7) is 2.82. The summed E-state index contributed by atoms with van der Waals surface area (Å²) in [6.07, 6.45) is 0.865. The number of esters is 1. The number of carbonyl (C=O) groups is 1. The number of hydrogen-bond donors (Lipinski definition) is 0. The van der Waals surface area contributed by atoms with E-state index in [4.69, 9.17) is 0 Å². The summed E-state index contributed by atoms with van der Waals surface area (Å²) in [5.74, 6) is -0.331. The van der Waals surface area contributed by atoms with E-state index in [1.54, 1.807) is 6.07 Å². The highest BCUT2D eigenvalue weighted by molar-refractivity contribution is 14.1. The molecule has 1 aromatic rings. The van der Waals surface area contributed by atoms with Gasteiger partial charge in [-0.25, -0.2) is 0 Å². The Morgan fingerprint density at radius 2 is 2.21 bits per heavy atom. The number of non-ortho nitro benzene ring substituents is 1. The number of carbonyl (C=O) groups excluding carboxylic acids is 1. The number of halogens is 1. The molecule has 0 aromatic heterocycles. The Labute approximate surface area is 125 Å². The van der Waals surface area contributed by atoms with Gasteiger partial charge in [0.05, 0.1) is 17.7 Å². The zero-order valence-corrected chi connectivity index (χ0v) is 12.9. The van der Waals surface area contributed by atoms with Gasteiger partial charge in [0.15, 0.2) is 0 Å². The van der Waals surface area contributed by atoms with Crippen molar-refractivity contribution in [3.05, 3.63) is 31.9 Å². The van der Waals surface area contributed by atoms with Gasteiger partial charge in [-0.3, -0.25) is 14.9 Å². The predicted molar refractivity (Wildman–Crippen MR) is 80.3 cm³/mol. The Morgan fingerprint density at radius 3 is 2.68 bits per heavy atom. The lowest BCUT2D eigenvalue weighted by Crippen LogP contribution is -2.31. The maximum absolute atomic E-state index is 11.4. The van der Waals surface area contributed by atoms with Crippen molar-refractivity contribution in [2.45, 2.75) is 13.3 Å². The number of nitro groups is 1. The van der Waals surface area contributed by atoms with E-state index < -0.39 is 4.92 Å². The van der Waals surface area contributed by atoms with Gasteiger partial charge in [-0.05, 0) is 35.1 Å². The number of nitrogens with zero attached hydrogens (tertiary/aromatic N) is 2. The summed E-state index contributed by atoms with van der Waals surface area (Å²) in [6, 6.07) is 4.60. The van der Waals surface area contributed by atoms with Gasteiger partial charge in [0.1, 0.15) is 6.54 Å². The number of rotatable bonds is 6. The molecule has 0 heterocycles. The van der Waals surface area contributed by atoms with Gasteiger partial charge in [-0.2, -0.15) is 0 Å². The van der Waals surface area contributed by atoms with Crippen molar-refractivity contribution in [1.29, 1.82) is 0 Å². The molecule has 0 spiro atoms. The first-order valence-electron chi connectivity index (χ1n) is 5.75. The number of anilines is 1. The van der Waals surface area contributed by atoms with Crippen molar-refractivity contribution < 1.29 is 14.5 Å². The maximum Gasteiger partial charge on any atom is 0.325 e. The summed E-state index contributed by atoms with van der Waals surface area (Å²) in [7, 11) is 1.34. The van der Waals surface area contributed by atoms with Crippen LogP contribution in [0.25, 0.3) is 0 Å². The summed E-state index contributed by atoms with van der Waals surface area (Å²) in [5, 5.41) is 10.7. The second kappa shape index (κ2) is 7.27. The second-order valence-corrected chi connectivity index (χ2v) is 5.05. The minimum atomic E-state index is -0.434. The van der Waals surface area contributed by atoms with Crippen molar-refractivity contribution in [2.75, 3.05) is 25.1 Å². The lowest BCUT2D eigenvalue weighted by atomic mass is 10.2. The van der Waals surface area contributed by atoms with Crippen molar-refractivity contribution in [3.63, 3.8) is 0 Å². The van der Waals surface area contributed by atoms with E-state index >= 15 is 0 Å². The third-order valence-electron chi connectivity index (χ3n) is 2.52. The van der Waals surface area contributed by atoms with Gasteiger partial charge >= 0.3 is 5.97 Å². The lowest BCUT2D eigenvalue weighted by Gasteiger charge is -2.24. The SMILES string of the molecule is CCCN(CC(=O)OC)c1ccc([N+](=O)[O-])cc1I. The molecule has 0 aliphatic carbocycles. The molecule has 0 radical (unpaired) electrons. The molecule has 0 aliphatic rings. The third-order valence-corrected chi connectivity index (χ3v) is 3.39. The molecule has 1 aromatic carbocycles. The zero-order chi connectivity index (χ0) is 14.4. The first-order chi connectivity index (χ1) is 8.99. The molecular formula is C12H15IN2O4. The van der Waals surface area contributed by atoms with E-state index in [0.29, 0.717) is 6.54 Å². The van der Waals surface area contributed by atoms with Crippen LogP contribution in [-0.2, 0) is 9.53 Å². The highest BCUT2D eigenvalue weighted by Gasteiger charge is 2.16. The molecule has 104 valence electrons. The van der Waals surface area contributed by atoms with Crippen LogP contribution in [0.1, 0.15) is 13.3 Å². The van der Waals surface area contributed by atoms with Crippen LogP contribution < -0.4 is 4.90 Å². The van der Waals surface area contributed by atoms with Crippen LogP contribution in [0.4, 0.5) is 11.4 Å². The molecule has 0 saturated heterocycles. The van der Waals surface area contributed by atoms with E-state index in [1.807, 2.05) is 34.4 Å². The van der Waals surface area contributed by atoms with E-state index in [2.05, 4.69) is 4.74 Å². The Kier molecular flexibility index (Phi) is 6.00. The topological polar surface area (TPSA) is 72.7 Å². The molecule has 0 amide bonds. The van der Waals surface area contributed by atoms with Gasteiger partial charge in [-0.1, -0.05) is 6.92 Å². The highest BCUT2D eigenvalue weighted by Crippen LogP contribution is 2.27. The molecule has 6 nitrogen and oxygen atoms in total. The Bertz CT molecular complexity index is 479. The first-order valence-corrected chi connectivity index (χ1v) is 6.83. The van der Waals surface area contributed by atoms with Crippen LogP contribution in [0.2, 0.25) is 0 Å². The fourth-order valence-corrected chi connectivity index (χ4v) is 2.48. The molecule has 0 aliphatic heterocycles. The largest absolute Gasteiger partial charge is 0.468 e. The van der Waals surface area contributed by atoms with Gasteiger partial charge in [0.25, 0.3) is 5.69 Å². The van der Waals surface area contributed by atoms with Crippen molar-refractivity contribution in [2.24, 2.45) is 0 Å². The standard InChI is InChI=1S/C12H15IN2O4/c1-3-6-14(8-12(16)19-2)11-5-4-9(15(17)18)7-10(11)13/h4-5,7H,3,6,8H2,1-2H3. The van der Waals surface area contributed by atoms with Crippen molar-refractivity contribution >= 4 is 39.9 Å². The van der Waals surface area contributed by atoms with E-state index in [9.17, 15) is 14.9 Å². The minimum Gasteiger partial charge on any atom is -0.468 e. The smallest absolute Gasteiger partial charge is 0.325 e. The van der Waals surface area contributed by atoms with Crippen LogP contribution in [0.5, 0.6) is 0 Å². The summed E-state index contributed by atoms with van der Waals surface area (Å²) < 4.78 is 5.40. The Morgan fingerprint density at radius 1 is 1.53 bits per heavy atom. The second-order valence-electron chi connectivity index (χ2n) is 3.89. The number of hydrogen-bond acceptors (Lipinski definition) is 5. The van der Waals surface area contributed by atoms with Gasteiger partial charge < -0.3 is 9.64 Å². The Balaban J connectivity index is 3.02. The van der Waals surface area contributed by atoms with Crippen molar-refractivity contribution in [1.82, 2.24) is 0 Å². The summed E-state index contributed by atoms with van der Waals surface area (Å²) in [5.41, 5.74) is 0.848. The van der Waals surface area contributed by atoms with Crippen LogP contribution >= 0.6 is 22.6 Å². The first kappa shape index (κ1) is 15.7. The van der Waals surface area contributed by atoms with Crippen LogP contribution in [-0.4, -0.2) is 31.1 Å². The molecule has 1 rings (SSSR count). The molecule has 0 unspecified atom stereocenters. The molecule has 0 N–H and O–H groups in total. The summed E-state index contributed by atoms with van der Waals surface area (Å²) >= 11 is 2.03. The molecule has 7 heteroatoms. The average molecular weight is 378 g/mol. The molecule has 0 fully saturated rings. The average Bonchev–Trinajstić information content (AvgIpc) is 2.37. The maximum atomic E-state index is 11.4. The quantitative estimate of drug-likeness (QED) is 0.329. The van der Waals surface area contributed by atoms with E-state index in [1.165, 1.54) is 19.2 Å². The predicted octanol–water partition coefficient (Wildman–Crippen LogP) is 2.59. The highest BCUT2D eigenvalue weighted by atomic mass is 127. The van der Waals surface area contributed by atoms with Crippen LogP contribution in [0, 0.1) is 13.7 Å². The molecule has 19 heavy (non-hydrogen) atoms. The number of ether oxygens (including phenoxy) is 1. The third kappa shape index (κ3) is 4.34.